The Morgan fingerprint density at radius 1 is 1.07 bits per heavy atom. The monoisotopic (exact) mass is 370 g/mol. The van der Waals surface area contributed by atoms with Crippen LogP contribution in [0.2, 0.25) is 0 Å². The number of rotatable bonds is 5. The van der Waals surface area contributed by atoms with Crippen LogP contribution in [0.3, 0.4) is 0 Å². The van der Waals surface area contributed by atoms with Crippen molar-refractivity contribution in [3.63, 3.8) is 0 Å². The fourth-order valence-corrected chi connectivity index (χ4v) is 3.13. The third-order valence-electron chi connectivity index (χ3n) is 4.68. The van der Waals surface area contributed by atoms with Gasteiger partial charge >= 0.3 is 0 Å². The summed E-state index contributed by atoms with van der Waals surface area (Å²) in [6, 6.07) is 12.1. The highest BCUT2D eigenvalue weighted by Gasteiger charge is 2.25. The second-order valence-corrected chi connectivity index (χ2v) is 6.52. The van der Waals surface area contributed by atoms with Crippen molar-refractivity contribution < 1.29 is 14.0 Å². The number of benzene rings is 1. The van der Waals surface area contributed by atoms with Crippen molar-refractivity contribution in [2.45, 2.75) is 13.5 Å². The number of nitrogens with zero attached hydrogens (tertiary/aromatic N) is 4. The van der Waals surface area contributed by atoms with Gasteiger partial charge in [0.25, 0.3) is 0 Å². The summed E-state index contributed by atoms with van der Waals surface area (Å²) in [4.78, 5) is 33.9. The van der Waals surface area contributed by atoms with Gasteiger partial charge in [-0.3, -0.25) is 14.6 Å². The number of anilines is 1. The van der Waals surface area contributed by atoms with Crippen molar-refractivity contribution in [3.8, 4) is 0 Å². The molecule has 27 heavy (non-hydrogen) atoms. The number of halogens is 1. The first-order chi connectivity index (χ1) is 13.0. The summed E-state index contributed by atoms with van der Waals surface area (Å²) >= 11 is 0. The smallest absolute Gasteiger partial charge is 0.242 e. The van der Waals surface area contributed by atoms with Gasteiger partial charge in [0.05, 0.1) is 17.9 Å². The van der Waals surface area contributed by atoms with Gasteiger partial charge in [-0.2, -0.15) is 0 Å². The van der Waals surface area contributed by atoms with E-state index in [0.29, 0.717) is 38.4 Å². The number of hydrogen-bond acceptors (Lipinski definition) is 4. The molecule has 1 aromatic carbocycles. The first-order valence-corrected chi connectivity index (χ1v) is 8.97. The van der Waals surface area contributed by atoms with Crippen LogP contribution in [-0.4, -0.2) is 59.3 Å². The number of amides is 2. The highest BCUT2D eigenvalue weighted by molar-refractivity contribution is 5.84. The molecule has 0 unspecified atom stereocenters. The Morgan fingerprint density at radius 2 is 1.78 bits per heavy atom. The predicted octanol–water partition coefficient (Wildman–Crippen LogP) is 1.92. The Balaban J connectivity index is 1.56. The van der Waals surface area contributed by atoms with Crippen LogP contribution in [0, 0.1) is 5.82 Å². The number of hydrogen-bond donors (Lipinski definition) is 0. The first kappa shape index (κ1) is 18.8. The zero-order valence-electron chi connectivity index (χ0n) is 15.3. The third kappa shape index (κ3) is 4.81. The molecule has 0 saturated carbocycles. The number of piperazine rings is 1. The molecule has 142 valence electrons. The lowest BCUT2D eigenvalue weighted by Crippen LogP contribution is -2.51. The van der Waals surface area contributed by atoms with Gasteiger partial charge in [-0.1, -0.05) is 18.2 Å². The minimum atomic E-state index is -0.254. The van der Waals surface area contributed by atoms with Crippen LogP contribution >= 0.6 is 0 Å². The van der Waals surface area contributed by atoms with E-state index in [0.717, 1.165) is 5.69 Å². The maximum atomic E-state index is 13.9. The molecule has 6 nitrogen and oxygen atoms in total. The van der Waals surface area contributed by atoms with Crippen LogP contribution in [0.25, 0.3) is 0 Å². The lowest BCUT2D eigenvalue weighted by atomic mass is 10.2. The molecule has 2 aromatic rings. The minimum absolute atomic E-state index is 0.0195. The van der Waals surface area contributed by atoms with Crippen molar-refractivity contribution in [1.29, 1.82) is 0 Å². The Bertz CT molecular complexity index is 792. The third-order valence-corrected chi connectivity index (χ3v) is 4.68. The quantitative estimate of drug-likeness (QED) is 0.807. The Morgan fingerprint density at radius 3 is 2.41 bits per heavy atom. The summed E-state index contributed by atoms with van der Waals surface area (Å²) < 4.78 is 13.9. The van der Waals surface area contributed by atoms with Crippen LogP contribution in [0.4, 0.5) is 10.1 Å². The number of carbonyl (C=O) groups is 2. The number of pyridine rings is 1. The number of aromatic nitrogens is 1. The van der Waals surface area contributed by atoms with E-state index in [1.165, 1.54) is 17.9 Å². The predicted molar refractivity (Wildman–Crippen MR) is 101 cm³/mol. The van der Waals surface area contributed by atoms with E-state index in [1.54, 1.807) is 29.3 Å². The fraction of sp³-hybridized carbons (Fsp3) is 0.350. The summed E-state index contributed by atoms with van der Waals surface area (Å²) in [5, 5.41) is 0. The van der Waals surface area contributed by atoms with E-state index >= 15 is 0 Å². The van der Waals surface area contributed by atoms with E-state index in [4.69, 9.17) is 0 Å². The lowest BCUT2D eigenvalue weighted by molar-refractivity contribution is -0.140. The summed E-state index contributed by atoms with van der Waals surface area (Å²) in [6.07, 6.45) is 1.66. The molecular weight excluding hydrogens is 347 g/mol. The van der Waals surface area contributed by atoms with E-state index < -0.39 is 0 Å². The minimum Gasteiger partial charge on any atom is -0.366 e. The molecule has 7 heteroatoms. The molecule has 1 fully saturated rings. The molecule has 2 heterocycles. The molecular formula is C20H23FN4O2. The van der Waals surface area contributed by atoms with Gasteiger partial charge in [-0.05, 0) is 24.3 Å². The summed E-state index contributed by atoms with van der Waals surface area (Å²) in [5.41, 5.74) is 1.30. The van der Waals surface area contributed by atoms with Gasteiger partial charge in [0.1, 0.15) is 12.4 Å². The average Bonchev–Trinajstić information content (AvgIpc) is 2.68. The largest absolute Gasteiger partial charge is 0.366 e. The zero-order chi connectivity index (χ0) is 19.2. The molecule has 0 bridgehead atoms. The Labute approximate surface area is 158 Å². The topological polar surface area (TPSA) is 56.8 Å². The van der Waals surface area contributed by atoms with E-state index in [2.05, 4.69) is 4.98 Å². The molecule has 1 aliphatic heterocycles. The number of para-hydroxylation sites is 1. The maximum absolute atomic E-state index is 13.9. The summed E-state index contributed by atoms with van der Waals surface area (Å²) in [5.74, 6) is -0.524. The van der Waals surface area contributed by atoms with Crippen molar-refractivity contribution in [2.24, 2.45) is 0 Å². The second kappa shape index (κ2) is 8.62. The van der Waals surface area contributed by atoms with Crippen LogP contribution < -0.4 is 4.90 Å². The molecule has 2 amide bonds. The molecule has 3 rings (SSSR count). The zero-order valence-corrected chi connectivity index (χ0v) is 15.3. The Hall–Kier alpha value is -2.96. The van der Waals surface area contributed by atoms with Crippen LogP contribution in [0.1, 0.15) is 12.6 Å². The SMILES string of the molecule is CC(=O)N(CC(=O)N1CCN(c2ccccc2F)CC1)Cc1ccccn1. The highest BCUT2D eigenvalue weighted by atomic mass is 19.1. The van der Waals surface area contributed by atoms with Gasteiger partial charge in [0.15, 0.2) is 0 Å². The standard InChI is InChI=1S/C20H23FN4O2/c1-16(26)25(14-17-6-4-5-9-22-17)15-20(27)24-12-10-23(11-13-24)19-8-3-2-7-18(19)21/h2-9H,10-15H2,1H3. The van der Waals surface area contributed by atoms with E-state index in [-0.39, 0.29) is 24.2 Å². The van der Waals surface area contributed by atoms with Crippen molar-refractivity contribution >= 4 is 17.5 Å². The van der Waals surface area contributed by atoms with Gasteiger partial charge in [0.2, 0.25) is 11.8 Å². The van der Waals surface area contributed by atoms with Crippen molar-refractivity contribution in [3.05, 3.63) is 60.2 Å². The lowest BCUT2D eigenvalue weighted by Gasteiger charge is -2.37. The molecule has 0 N–H and O–H groups in total. The van der Waals surface area contributed by atoms with Crippen LogP contribution in [-0.2, 0) is 16.1 Å². The summed E-state index contributed by atoms with van der Waals surface area (Å²) in [6.45, 7) is 3.90. The van der Waals surface area contributed by atoms with Gasteiger partial charge in [-0.25, -0.2) is 4.39 Å². The van der Waals surface area contributed by atoms with E-state index in [1.807, 2.05) is 23.1 Å². The molecule has 1 saturated heterocycles. The van der Waals surface area contributed by atoms with E-state index in [9.17, 15) is 14.0 Å². The highest BCUT2D eigenvalue weighted by Crippen LogP contribution is 2.20. The van der Waals surface area contributed by atoms with Gasteiger partial charge < -0.3 is 14.7 Å². The van der Waals surface area contributed by atoms with Crippen LogP contribution in [0.15, 0.2) is 48.7 Å². The normalized spacial score (nSPS) is 14.1. The molecule has 1 aliphatic rings. The van der Waals surface area contributed by atoms with Crippen molar-refractivity contribution in [1.82, 2.24) is 14.8 Å². The fourth-order valence-electron chi connectivity index (χ4n) is 3.13. The van der Waals surface area contributed by atoms with Gasteiger partial charge in [0, 0.05) is 39.3 Å². The summed E-state index contributed by atoms with van der Waals surface area (Å²) in [7, 11) is 0. The van der Waals surface area contributed by atoms with Crippen molar-refractivity contribution in [2.75, 3.05) is 37.6 Å². The second-order valence-electron chi connectivity index (χ2n) is 6.52. The molecule has 1 aromatic heterocycles. The average molecular weight is 370 g/mol. The first-order valence-electron chi connectivity index (χ1n) is 8.97. The Kier molecular flexibility index (Phi) is 6.01. The maximum Gasteiger partial charge on any atom is 0.242 e. The molecule has 0 radical (unpaired) electrons. The number of carbonyl (C=O) groups excluding carboxylic acids is 2. The van der Waals surface area contributed by atoms with Crippen LogP contribution in [0.5, 0.6) is 0 Å². The molecule has 0 spiro atoms. The molecule has 0 atom stereocenters. The van der Waals surface area contributed by atoms with Gasteiger partial charge in [-0.15, -0.1) is 0 Å². The molecule has 0 aliphatic carbocycles.